The van der Waals surface area contributed by atoms with E-state index in [9.17, 15) is 4.79 Å². The molecule has 0 saturated carbocycles. The first-order valence-corrected chi connectivity index (χ1v) is 7.41. The molecule has 2 aromatic carbocycles. The molecule has 22 heavy (non-hydrogen) atoms. The Morgan fingerprint density at radius 3 is 2.77 bits per heavy atom. The molecule has 5 nitrogen and oxygen atoms in total. The highest BCUT2D eigenvalue weighted by Crippen LogP contribution is 2.17. The number of benzene rings is 2. The number of halogens is 1. The first-order valence-electron chi connectivity index (χ1n) is 6.62. The maximum Gasteiger partial charge on any atom is 0.277 e. The number of rotatable bonds is 5. The van der Waals surface area contributed by atoms with E-state index in [1.54, 1.807) is 31.2 Å². The number of carbonyl (C=O) groups excluding carboxylic acids is 1. The summed E-state index contributed by atoms with van der Waals surface area (Å²) >= 11 is 3.34. The number of nitrogens with one attached hydrogen (secondary N) is 1. The zero-order valence-corrected chi connectivity index (χ0v) is 13.6. The van der Waals surface area contributed by atoms with Gasteiger partial charge in [-0.05, 0) is 42.8 Å². The smallest absolute Gasteiger partial charge is 0.277 e. The molecule has 0 unspecified atom stereocenters. The van der Waals surface area contributed by atoms with Crippen LogP contribution in [0.4, 0.5) is 5.69 Å². The topological polar surface area (TPSA) is 76.7 Å². The lowest BCUT2D eigenvalue weighted by atomic mass is 10.1. The molecule has 0 aliphatic carbocycles. The minimum absolute atomic E-state index is 0.107. The highest BCUT2D eigenvalue weighted by atomic mass is 79.9. The van der Waals surface area contributed by atoms with Crippen LogP contribution in [0.3, 0.4) is 0 Å². The van der Waals surface area contributed by atoms with Crippen molar-refractivity contribution in [1.82, 2.24) is 5.43 Å². The van der Waals surface area contributed by atoms with E-state index in [2.05, 4.69) is 26.5 Å². The van der Waals surface area contributed by atoms with Gasteiger partial charge in [0.15, 0.2) is 6.61 Å². The summed E-state index contributed by atoms with van der Waals surface area (Å²) in [5.41, 5.74) is 10.3. The van der Waals surface area contributed by atoms with E-state index in [-0.39, 0.29) is 12.5 Å². The first-order chi connectivity index (χ1) is 10.5. The molecule has 0 atom stereocenters. The van der Waals surface area contributed by atoms with Crippen molar-refractivity contribution in [2.75, 3.05) is 12.3 Å². The van der Waals surface area contributed by atoms with Gasteiger partial charge in [0.2, 0.25) is 0 Å². The van der Waals surface area contributed by atoms with Gasteiger partial charge in [-0.3, -0.25) is 4.79 Å². The van der Waals surface area contributed by atoms with Crippen LogP contribution in [0.25, 0.3) is 0 Å². The normalized spacial score (nSPS) is 11.1. The molecule has 114 valence electrons. The average molecular weight is 362 g/mol. The molecule has 2 rings (SSSR count). The summed E-state index contributed by atoms with van der Waals surface area (Å²) in [7, 11) is 0. The van der Waals surface area contributed by atoms with Gasteiger partial charge in [0.05, 0.1) is 5.71 Å². The van der Waals surface area contributed by atoms with Crippen molar-refractivity contribution in [3.8, 4) is 5.75 Å². The van der Waals surface area contributed by atoms with Crippen LogP contribution in [0, 0.1) is 0 Å². The highest BCUT2D eigenvalue weighted by molar-refractivity contribution is 9.10. The Balaban J connectivity index is 1.88. The number of ether oxygens (including phenoxy) is 1. The van der Waals surface area contributed by atoms with E-state index in [1.165, 1.54) is 0 Å². The predicted octanol–water partition coefficient (Wildman–Crippen LogP) is 2.95. The van der Waals surface area contributed by atoms with Crippen LogP contribution in [-0.2, 0) is 4.79 Å². The Hall–Kier alpha value is -2.34. The number of carbonyl (C=O) groups is 1. The van der Waals surface area contributed by atoms with Crippen molar-refractivity contribution in [2.24, 2.45) is 5.10 Å². The number of hydrazone groups is 1. The fourth-order valence-corrected chi connectivity index (χ4v) is 2.09. The molecular weight excluding hydrogens is 346 g/mol. The Labute approximate surface area is 137 Å². The van der Waals surface area contributed by atoms with Crippen LogP contribution in [-0.4, -0.2) is 18.2 Å². The molecule has 6 heteroatoms. The van der Waals surface area contributed by atoms with Crippen molar-refractivity contribution in [2.45, 2.75) is 6.92 Å². The van der Waals surface area contributed by atoms with Crippen molar-refractivity contribution in [3.63, 3.8) is 0 Å². The van der Waals surface area contributed by atoms with Gasteiger partial charge in [0.1, 0.15) is 5.75 Å². The second-order valence-corrected chi connectivity index (χ2v) is 5.52. The highest BCUT2D eigenvalue weighted by Gasteiger charge is 2.03. The van der Waals surface area contributed by atoms with Crippen LogP contribution in [0.2, 0.25) is 0 Å². The molecular formula is C16H16BrN3O2. The molecule has 0 saturated heterocycles. The van der Waals surface area contributed by atoms with Gasteiger partial charge in [-0.1, -0.05) is 34.1 Å². The third-order valence-corrected chi connectivity index (χ3v) is 3.31. The van der Waals surface area contributed by atoms with E-state index in [0.717, 1.165) is 10.0 Å². The minimum Gasteiger partial charge on any atom is -0.484 e. The number of anilines is 1. The molecule has 0 fully saturated rings. The maximum atomic E-state index is 11.7. The molecule has 1 amide bonds. The number of nitrogen functional groups attached to an aromatic ring is 1. The van der Waals surface area contributed by atoms with E-state index < -0.39 is 0 Å². The van der Waals surface area contributed by atoms with Gasteiger partial charge < -0.3 is 10.5 Å². The molecule has 0 heterocycles. The van der Waals surface area contributed by atoms with E-state index in [4.69, 9.17) is 10.5 Å². The van der Waals surface area contributed by atoms with Gasteiger partial charge in [-0.25, -0.2) is 5.43 Å². The Kier molecular flexibility index (Phi) is 5.55. The van der Waals surface area contributed by atoms with Gasteiger partial charge in [-0.2, -0.15) is 5.10 Å². The van der Waals surface area contributed by atoms with E-state index in [1.807, 2.05) is 24.3 Å². The summed E-state index contributed by atoms with van der Waals surface area (Å²) in [5, 5.41) is 4.04. The van der Waals surface area contributed by atoms with Gasteiger partial charge in [-0.15, -0.1) is 0 Å². The lowest BCUT2D eigenvalue weighted by Gasteiger charge is -2.06. The quantitative estimate of drug-likeness (QED) is 0.488. The van der Waals surface area contributed by atoms with Crippen LogP contribution in [0.1, 0.15) is 12.5 Å². The summed E-state index contributed by atoms with van der Waals surface area (Å²) < 4.78 is 6.26. The van der Waals surface area contributed by atoms with Crippen molar-refractivity contribution < 1.29 is 9.53 Å². The van der Waals surface area contributed by atoms with Crippen LogP contribution in [0.15, 0.2) is 58.1 Å². The summed E-state index contributed by atoms with van der Waals surface area (Å²) in [6.45, 7) is 1.69. The average Bonchev–Trinajstić information content (AvgIpc) is 2.50. The second kappa shape index (κ2) is 7.61. The fraction of sp³-hybridized carbons (Fsp3) is 0.125. The first kappa shape index (κ1) is 16.0. The maximum absolute atomic E-state index is 11.7. The monoisotopic (exact) mass is 361 g/mol. The van der Waals surface area contributed by atoms with Crippen LogP contribution >= 0.6 is 15.9 Å². The summed E-state index contributed by atoms with van der Waals surface area (Å²) in [6, 6.07) is 14.6. The number of nitrogens with two attached hydrogens (primary N) is 1. The Morgan fingerprint density at radius 2 is 2.05 bits per heavy atom. The molecule has 2 aromatic rings. The lowest BCUT2D eigenvalue weighted by Crippen LogP contribution is -2.25. The zero-order chi connectivity index (χ0) is 15.9. The molecule has 0 radical (unpaired) electrons. The van der Waals surface area contributed by atoms with Crippen LogP contribution < -0.4 is 15.9 Å². The van der Waals surface area contributed by atoms with E-state index >= 15 is 0 Å². The van der Waals surface area contributed by atoms with Crippen LogP contribution in [0.5, 0.6) is 5.75 Å². The SMILES string of the molecule is C/C(=N/NC(=O)COc1cccc(Br)c1)c1cccc(N)c1. The Bertz CT molecular complexity index is 701. The number of hydrogen-bond acceptors (Lipinski definition) is 4. The van der Waals surface area contributed by atoms with Crippen molar-refractivity contribution >= 4 is 33.2 Å². The standard InChI is InChI=1S/C16H16BrN3O2/c1-11(12-4-2-6-14(18)8-12)19-20-16(21)10-22-15-7-3-5-13(17)9-15/h2-9H,10,18H2,1H3,(H,20,21)/b19-11-. The van der Waals surface area contributed by atoms with Gasteiger partial charge >= 0.3 is 0 Å². The predicted molar refractivity (Wildman–Crippen MR) is 90.8 cm³/mol. The largest absolute Gasteiger partial charge is 0.484 e. The fourth-order valence-electron chi connectivity index (χ4n) is 1.71. The number of nitrogens with zero attached hydrogens (tertiary/aromatic N) is 1. The molecule has 0 aliphatic heterocycles. The van der Waals surface area contributed by atoms with E-state index in [0.29, 0.717) is 17.1 Å². The lowest BCUT2D eigenvalue weighted by molar-refractivity contribution is -0.123. The van der Waals surface area contributed by atoms with Gasteiger partial charge in [0.25, 0.3) is 5.91 Å². The minimum atomic E-state index is -0.330. The molecule has 0 aromatic heterocycles. The van der Waals surface area contributed by atoms with Crippen molar-refractivity contribution in [3.05, 3.63) is 58.6 Å². The summed E-state index contributed by atoms with van der Waals surface area (Å²) in [6.07, 6.45) is 0. The summed E-state index contributed by atoms with van der Waals surface area (Å²) in [4.78, 5) is 11.7. The van der Waals surface area contributed by atoms with Gasteiger partial charge in [0, 0.05) is 10.2 Å². The van der Waals surface area contributed by atoms with Crippen molar-refractivity contribution in [1.29, 1.82) is 0 Å². The molecule has 0 aliphatic rings. The molecule has 0 bridgehead atoms. The zero-order valence-electron chi connectivity index (χ0n) is 12.0. The number of hydrogen-bond donors (Lipinski definition) is 2. The Morgan fingerprint density at radius 1 is 1.27 bits per heavy atom. The summed E-state index contributed by atoms with van der Waals surface area (Å²) in [5.74, 6) is 0.282. The second-order valence-electron chi connectivity index (χ2n) is 4.60. The third kappa shape index (κ3) is 4.89. The number of amides is 1. The third-order valence-electron chi connectivity index (χ3n) is 2.82. The molecule has 0 spiro atoms. The molecule has 3 N–H and O–H groups in total.